The molecule has 0 atom stereocenters. The van der Waals surface area contributed by atoms with Crippen LogP contribution in [0.2, 0.25) is 0 Å². The lowest BCUT2D eigenvalue weighted by Crippen LogP contribution is -2.26. The van der Waals surface area contributed by atoms with Crippen LogP contribution in [-0.2, 0) is 6.42 Å². The number of amides is 1. The van der Waals surface area contributed by atoms with E-state index < -0.39 is 0 Å². The number of rotatable bonds is 5. The molecule has 21 heavy (non-hydrogen) atoms. The van der Waals surface area contributed by atoms with Gasteiger partial charge in [-0.3, -0.25) is 4.79 Å². The number of benzene rings is 1. The maximum atomic E-state index is 12.1. The average molecular weight is 287 g/mol. The van der Waals surface area contributed by atoms with Crippen LogP contribution in [0.5, 0.6) is 0 Å². The smallest absolute Gasteiger partial charge is 0.251 e. The first-order valence-electron chi connectivity index (χ1n) is 6.96. The summed E-state index contributed by atoms with van der Waals surface area (Å²) < 4.78 is 5.48. The van der Waals surface area contributed by atoms with Gasteiger partial charge in [-0.05, 0) is 25.1 Å². The lowest BCUT2D eigenvalue weighted by molar-refractivity contribution is 0.0953. The van der Waals surface area contributed by atoms with E-state index >= 15 is 0 Å². The van der Waals surface area contributed by atoms with Gasteiger partial charge in [0.2, 0.25) is 0 Å². The topological polar surface area (TPSA) is 58.4 Å². The van der Waals surface area contributed by atoms with E-state index in [1.54, 1.807) is 0 Å². The number of anilines is 1. The van der Waals surface area contributed by atoms with Crippen molar-refractivity contribution in [3.63, 3.8) is 0 Å². The van der Waals surface area contributed by atoms with Gasteiger partial charge in [0, 0.05) is 45.2 Å². The van der Waals surface area contributed by atoms with Crippen LogP contribution in [0, 0.1) is 13.8 Å². The summed E-state index contributed by atoms with van der Waals surface area (Å²) in [5, 5.41) is 2.90. The molecule has 1 aromatic heterocycles. The predicted molar refractivity (Wildman–Crippen MR) is 82.8 cm³/mol. The number of hydrogen-bond acceptors (Lipinski definition) is 4. The number of aryl methyl sites for hydroxylation is 2. The summed E-state index contributed by atoms with van der Waals surface area (Å²) in [6.07, 6.45) is 0.645. The summed E-state index contributed by atoms with van der Waals surface area (Å²) in [5.74, 6) is 1.41. The molecule has 0 aliphatic heterocycles. The van der Waals surface area contributed by atoms with Crippen molar-refractivity contribution >= 4 is 11.6 Å². The highest BCUT2D eigenvalue weighted by Crippen LogP contribution is 2.13. The largest absolute Gasteiger partial charge is 0.446 e. The molecule has 0 saturated carbocycles. The highest BCUT2D eigenvalue weighted by Gasteiger charge is 2.09. The Hall–Kier alpha value is -2.30. The van der Waals surface area contributed by atoms with Crippen molar-refractivity contribution in [1.29, 1.82) is 0 Å². The van der Waals surface area contributed by atoms with Gasteiger partial charge >= 0.3 is 0 Å². The molecule has 1 aromatic carbocycles. The number of aromatic nitrogens is 1. The van der Waals surface area contributed by atoms with Crippen molar-refractivity contribution in [2.45, 2.75) is 20.3 Å². The molecule has 1 heterocycles. The van der Waals surface area contributed by atoms with Crippen molar-refractivity contribution in [2.24, 2.45) is 0 Å². The third-order valence-corrected chi connectivity index (χ3v) is 3.26. The Morgan fingerprint density at radius 1 is 1.33 bits per heavy atom. The van der Waals surface area contributed by atoms with Gasteiger partial charge in [-0.2, -0.15) is 0 Å². The highest BCUT2D eigenvalue weighted by atomic mass is 16.4. The molecule has 0 fully saturated rings. The first-order chi connectivity index (χ1) is 9.97. The van der Waals surface area contributed by atoms with E-state index in [0.29, 0.717) is 24.4 Å². The van der Waals surface area contributed by atoms with Gasteiger partial charge < -0.3 is 14.6 Å². The summed E-state index contributed by atoms with van der Waals surface area (Å²) in [4.78, 5) is 18.3. The van der Waals surface area contributed by atoms with Crippen LogP contribution in [0.1, 0.15) is 27.7 Å². The molecule has 0 aliphatic rings. The lowest BCUT2D eigenvalue weighted by atomic mass is 10.1. The van der Waals surface area contributed by atoms with Crippen LogP contribution in [0.15, 0.2) is 28.7 Å². The second-order valence-electron chi connectivity index (χ2n) is 5.19. The number of carbonyl (C=O) groups excluding carboxylic acids is 1. The van der Waals surface area contributed by atoms with Crippen molar-refractivity contribution in [3.05, 3.63) is 47.2 Å². The van der Waals surface area contributed by atoms with Gasteiger partial charge in [-0.25, -0.2) is 4.98 Å². The van der Waals surface area contributed by atoms with Gasteiger partial charge in [-0.1, -0.05) is 6.07 Å². The Bertz CT molecular complexity index is 632. The molecule has 0 unspecified atom stereocenters. The van der Waals surface area contributed by atoms with Crippen LogP contribution in [0.25, 0.3) is 0 Å². The van der Waals surface area contributed by atoms with E-state index in [1.165, 1.54) is 0 Å². The fourth-order valence-corrected chi connectivity index (χ4v) is 2.12. The Morgan fingerprint density at radius 3 is 2.71 bits per heavy atom. The van der Waals surface area contributed by atoms with Crippen molar-refractivity contribution < 1.29 is 9.21 Å². The van der Waals surface area contributed by atoms with Crippen molar-refractivity contribution in [1.82, 2.24) is 10.3 Å². The minimum absolute atomic E-state index is 0.0763. The molecule has 1 N–H and O–H groups in total. The van der Waals surface area contributed by atoms with Crippen LogP contribution in [0.3, 0.4) is 0 Å². The monoisotopic (exact) mass is 287 g/mol. The number of nitrogens with one attached hydrogen (secondary N) is 1. The predicted octanol–water partition coefficient (Wildman–Crippen LogP) is 2.33. The van der Waals surface area contributed by atoms with Crippen molar-refractivity contribution in [3.8, 4) is 0 Å². The SMILES string of the molecule is Cc1nc(C)c(CCNC(=O)c2cccc(N(C)C)c2)o1. The van der Waals surface area contributed by atoms with E-state index in [4.69, 9.17) is 4.42 Å². The molecule has 0 aliphatic carbocycles. The Morgan fingerprint density at radius 2 is 2.10 bits per heavy atom. The molecule has 0 bridgehead atoms. The Kier molecular flexibility index (Phi) is 4.62. The van der Waals surface area contributed by atoms with E-state index in [1.807, 2.05) is 57.1 Å². The van der Waals surface area contributed by atoms with Crippen LogP contribution in [0.4, 0.5) is 5.69 Å². The summed E-state index contributed by atoms with van der Waals surface area (Å²) in [7, 11) is 3.90. The molecule has 0 saturated heterocycles. The number of hydrogen-bond donors (Lipinski definition) is 1. The maximum Gasteiger partial charge on any atom is 0.251 e. The zero-order valence-corrected chi connectivity index (χ0v) is 12.9. The van der Waals surface area contributed by atoms with Crippen LogP contribution in [-0.4, -0.2) is 31.5 Å². The number of nitrogens with zero attached hydrogens (tertiary/aromatic N) is 2. The number of carbonyl (C=O) groups is 1. The Balaban J connectivity index is 1.93. The third-order valence-electron chi connectivity index (χ3n) is 3.26. The molecule has 0 spiro atoms. The molecular weight excluding hydrogens is 266 g/mol. The average Bonchev–Trinajstić information content (AvgIpc) is 2.77. The minimum atomic E-state index is -0.0763. The van der Waals surface area contributed by atoms with Gasteiger partial charge in [0.05, 0.1) is 5.69 Å². The second-order valence-corrected chi connectivity index (χ2v) is 5.19. The molecule has 2 rings (SSSR count). The third kappa shape index (κ3) is 3.84. The van der Waals surface area contributed by atoms with E-state index in [0.717, 1.165) is 17.1 Å². The molecule has 1 amide bonds. The first kappa shape index (κ1) is 15.1. The fourth-order valence-electron chi connectivity index (χ4n) is 2.12. The lowest BCUT2D eigenvalue weighted by Gasteiger charge is -2.13. The molecule has 5 nitrogen and oxygen atoms in total. The normalized spacial score (nSPS) is 10.5. The van der Waals surface area contributed by atoms with Gasteiger partial charge in [0.25, 0.3) is 5.91 Å². The summed E-state index contributed by atoms with van der Waals surface area (Å²) in [5.41, 5.74) is 2.55. The zero-order valence-electron chi connectivity index (χ0n) is 12.9. The fraction of sp³-hybridized carbons (Fsp3) is 0.375. The van der Waals surface area contributed by atoms with Gasteiger partial charge in [0.1, 0.15) is 5.76 Å². The summed E-state index contributed by atoms with van der Waals surface area (Å²) in [6, 6.07) is 7.54. The van der Waals surface area contributed by atoms with Crippen LogP contribution >= 0.6 is 0 Å². The Labute approximate surface area is 125 Å². The zero-order chi connectivity index (χ0) is 15.4. The minimum Gasteiger partial charge on any atom is -0.446 e. The number of oxazole rings is 1. The van der Waals surface area contributed by atoms with E-state index in [2.05, 4.69) is 10.3 Å². The van der Waals surface area contributed by atoms with Crippen LogP contribution < -0.4 is 10.2 Å². The molecule has 2 aromatic rings. The quantitative estimate of drug-likeness (QED) is 0.917. The maximum absolute atomic E-state index is 12.1. The molecule has 112 valence electrons. The molecule has 0 radical (unpaired) electrons. The van der Waals surface area contributed by atoms with Crippen molar-refractivity contribution in [2.75, 3.05) is 25.5 Å². The van der Waals surface area contributed by atoms with E-state index in [9.17, 15) is 4.79 Å². The van der Waals surface area contributed by atoms with Gasteiger partial charge in [-0.15, -0.1) is 0 Å². The van der Waals surface area contributed by atoms with E-state index in [-0.39, 0.29) is 5.91 Å². The standard InChI is InChI=1S/C16H21N3O2/c1-11-15(21-12(2)18-11)8-9-17-16(20)13-6-5-7-14(10-13)19(3)4/h5-7,10H,8-9H2,1-4H3,(H,17,20). The molecule has 5 heteroatoms. The first-order valence-corrected chi connectivity index (χ1v) is 6.96. The second kappa shape index (κ2) is 6.43. The summed E-state index contributed by atoms with van der Waals surface area (Å²) >= 11 is 0. The summed E-state index contributed by atoms with van der Waals surface area (Å²) in [6.45, 7) is 4.26. The molecular formula is C16H21N3O2. The highest BCUT2D eigenvalue weighted by molar-refractivity contribution is 5.95. The van der Waals surface area contributed by atoms with Gasteiger partial charge in [0.15, 0.2) is 5.89 Å².